The lowest BCUT2D eigenvalue weighted by molar-refractivity contribution is -0.870. The first-order valence-corrected chi connectivity index (χ1v) is 29.1. The highest BCUT2D eigenvalue weighted by Gasteiger charge is 2.31. The van der Waals surface area contributed by atoms with Crippen LogP contribution in [0, 0.1) is 0 Å². The number of phosphoric acid groups is 1. The molecule has 4 unspecified atom stereocenters. The minimum atomic E-state index is -4.44. The predicted molar refractivity (Wildman–Crippen MR) is 305 cm³/mol. The van der Waals surface area contributed by atoms with E-state index >= 15 is 0 Å². The molecule has 0 aliphatic carbocycles. The van der Waals surface area contributed by atoms with Gasteiger partial charge in [-0.25, -0.2) is 4.57 Å². The third-order valence-corrected chi connectivity index (χ3v) is 12.5. The molecular weight excluding hydrogens is 904 g/mol. The van der Waals surface area contributed by atoms with Crippen LogP contribution in [-0.2, 0) is 18.4 Å². The zero-order chi connectivity index (χ0) is 52.2. The van der Waals surface area contributed by atoms with Gasteiger partial charge in [-0.3, -0.25) is 13.8 Å². The van der Waals surface area contributed by atoms with Crippen molar-refractivity contribution in [2.24, 2.45) is 0 Å². The molecule has 0 bridgehead atoms. The normalized spacial score (nSPS) is 15.4. The lowest BCUT2D eigenvalue weighted by Gasteiger charge is -2.28. The van der Waals surface area contributed by atoms with Gasteiger partial charge in [0.25, 0.3) is 0 Å². The number of phosphoric ester groups is 1. The molecule has 10 heteroatoms. The maximum absolute atomic E-state index is 13.0. The van der Waals surface area contributed by atoms with E-state index in [9.17, 15) is 24.5 Å². The smallest absolute Gasteiger partial charge is 0.390 e. The molecule has 0 aliphatic heterocycles. The van der Waals surface area contributed by atoms with Gasteiger partial charge < -0.3 is 24.9 Å². The van der Waals surface area contributed by atoms with Crippen LogP contribution in [0.25, 0.3) is 0 Å². The van der Waals surface area contributed by atoms with Gasteiger partial charge in [0.1, 0.15) is 19.3 Å². The molecule has 0 rings (SSSR count). The number of nitrogens with one attached hydrogen (secondary N) is 1. The Morgan fingerprint density at radius 2 is 0.901 bits per heavy atom. The van der Waals surface area contributed by atoms with Crippen LogP contribution in [0.15, 0.2) is 134 Å². The minimum absolute atomic E-state index is 0.00441. The fourth-order valence-electron chi connectivity index (χ4n) is 7.20. The minimum Gasteiger partial charge on any atom is -0.390 e. The summed E-state index contributed by atoms with van der Waals surface area (Å²) in [5.41, 5.74) is 0. The van der Waals surface area contributed by atoms with E-state index in [1.807, 2.05) is 28.1 Å². The molecule has 0 aromatic rings. The Balaban J connectivity index is 4.23. The number of hydrogen-bond acceptors (Lipinski definition) is 6. The lowest BCUT2D eigenvalue weighted by atomic mass is 10.0. The lowest BCUT2D eigenvalue weighted by Crippen LogP contribution is -2.51. The van der Waals surface area contributed by atoms with Crippen LogP contribution in [0.1, 0.15) is 187 Å². The van der Waals surface area contributed by atoms with Crippen molar-refractivity contribution in [3.63, 3.8) is 0 Å². The number of quaternary nitrogens is 1. The Morgan fingerprint density at radius 3 is 1.35 bits per heavy atom. The third kappa shape index (κ3) is 51.3. The highest BCUT2D eigenvalue weighted by Crippen LogP contribution is 2.43. The fourth-order valence-corrected chi connectivity index (χ4v) is 7.93. The molecule has 0 spiro atoms. The molecule has 71 heavy (non-hydrogen) atoms. The summed E-state index contributed by atoms with van der Waals surface area (Å²) in [7, 11) is 1.38. The molecule has 404 valence electrons. The Hall–Kier alpha value is -3.40. The molecule has 4 N–H and O–H groups in total. The van der Waals surface area contributed by atoms with Crippen molar-refractivity contribution in [3.05, 3.63) is 134 Å². The number of carbonyl (C=O) groups excluding carboxylic acids is 1. The van der Waals surface area contributed by atoms with Gasteiger partial charge in [-0.05, 0) is 122 Å². The zero-order valence-corrected chi connectivity index (χ0v) is 46.4. The molecule has 0 heterocycles. The van der Waals surface area contributed by atoms with Crippen LogP contribution in [0.4, 0.5) is 0 Å². The van der Waals surface area contributed by atoms with E-state index in [0.717, 1.165) is 109 Å². The monoisotopic (exact) mass is 1010 g/mol. The maximum Gasteiger partial charge on any atom is 0.472 e. The molecule has 0 radical (unpaired) electrons. The second-order valence-electron chi connectivity index (χ2n) is 19.3. The average molecular weight is 1010 g/mol. The summed E-state index contributed by atoms with van der Waals surface area (Å²) >= 11 is 0. The molecule has 9 nitrogen and oxygen atoms in total. The summed E-state index contributed by atoms with van der Waals surface area (Å²) in [6.45, 7) is 4.22. The molecule has 0 saturated heterocycles. The number of hydrogen-bond donors (Lipinski definition) is 4. The Bertz CT molecular complexity index is 1630. The first-order chi connectivity index (χ1) is 34.4. The van der Waals surface area contributed by atoms with Crippen molar-refractivity contribution in [1.29, 1.82) is 0 Å². The largest absolute Gasteiger partial charge is 0.472 e. The van der Waals surface area contributed by atoms with E-state index < -0.39 is 32.7 Å². The van der Waals surface area contributed by atoms with Gasteiger partial charge in [0.05, 0.1) is 39.9 Å². The zero-order valence-electron chi connectivity index (χ0n) is 45.5. The topological polar surface area (TPSA) is 125 Å². The summed E-state index contributed by atoms with van der Waals surface area (Å²) in [6, 6.07) is -1.07. The summed E-state index contributed by atoms with van der Waals surface area (Å²) in [5, 5.41) is 24.7. The van der Waals surface area contributed by atoms with Gasteiger partial charge in [-0.2, -0.15) is 0 Å². The van der Waals surface area contributed by atoms with Crippen molar-refractivity contribution in [1.82, 2.24) is 5.32 Å². The van der Waals surface area contributed by atoms with Crippen molar-refractivity contribution >= 4 is 13.7 Å². The standard InChI is InChI=1S/C61H103N2O7P/c1-6-8-10-12-14-16-18-20-21-22-23-24-25-26-27-28-29-30-31-32-33-34-35-36-37-38-39-40-41-42-44-46-48-50-52-54-60(65)62-58(57-70-71(67,68)69-56-55-63(3,4)5)61(66)59(64)53-51-49-47-45-43-19-17-15-13-11-9-7-2/h7-10,14-17,20-21,23-24,26-27,29-30,32-33,35-36,45,47,58-59,61,64,66H,6,11-13,18-19,22,25,28,31,34,37-44,46,48-57H2,1-5H3,(H-,62,65,67,68)/p+1/b9-7+,10-8-,16-14-,17-15+,21-20-,24-23-,27-26-,30-29-,33-32-,36-35-,47-45+. The van der Waals surface area contributed by atoms with E-state index in [4.69, 9.17) is 9.05 Å². The van der Waals surface area contributed by atoms with E-state index in [-0.39, 0.29) is 18.9 Å². The van der Waals surface area contributed by atoms with E-state index in [2.05, 4.69) is 146 Å². The Labute approximate surface area is 435 Å². The molecule has 0 saturated carbocycles. The highest BCUT2D eigenvalue weighted by molar-refractivity contribution is 7.47. The number of nitrogens with zero attached hydrogens (tertiary/aromatic N) is 1. The number of aliphatic hydroxyl groups is 2. The van der Waals surface area contributed by atoms with Gasteiger partial charge in [-0.1, -0.05) is 192 Å². The summed E-state index contributed by atoms with van der Waals surface area (Å²) < 4.78 is 23.5. The number of amides is 1. The van der Waals surface area contributed by atoms with Crippen molar-refractivity contribution in [3.8, 4) is 0 Å². The predicted octanol–water partition coefficient (Wildman–Crippen LogP) is 15.7. The molecule has 0 fully saturated rings. The van der Waals surface area contributed by atoms with Crippen molar-refractivity contribution in [2.45, 2.75) is 205 Å². The number of allylic oxidation sites excluding steroid dienone is 22. The van der Waals surface area contributed by atoms with Crippen molar-refractivity contribution in [2.75, 3.05) is 40.9 Å². The van der Waals surface area contributed by atoms with Crippen molar-refractivity contribution < 1.29 is 38.0 Å². The van der Waals surface area contributed by atoms with E-state index in [1.165, 1.54) is 38.5 Å². The summed E-state index contributed by atoms with van der Waals surface area (Å²) in [4.78, 5) is 23.3. The molecule has 0 aliphatic rings. The fraction of sp³-hybridized carbons (Fsp3) is 0.623. The first kappa shape index (κ1) is 67.6. The third-order valence-electron chi connectivity index (χ3n) is 11.5. The number of rotatable bonds is 48. The van der Waals surface area contributed by atoms with Crippen LogP contribution in [0.2, 0.25) is 0 Å². The van der Waals surface area contributed by atoms with Crippen LogP contribution >= 0.6 is 7.82 Å². The van der Waals surface area contributed by atoms with E-state index in [0.29, 0.717) is 30.3 Å². The highest BCUT2D eigenvalue weighted by atomic mass is 31.2. The molecule has 0 aromatic carbocycles. The average Bonchev–Trinajstić information content (AvgIpc) is 3.33. The summed E-state index contributed by atoms with van der Waals surface area (Å²) in [6.07, 6.45) is 72.7. The van der Waals surface area contributed by atoms with Gasteiger partial charge in [-0.15, -0.1) is 0 Å². The first-order valence-electron chi connectivity index (χ1n) is 27.6. The molecule has 4 atom stereocenters. The quantitative estimate of drug-likeness (QED) is 0.0207. The summed E-state index contributed by atoms with van der Waals surface area (Å²) in [5.74, 6) is -0.287. The number of likely N-dealkylation sites (N-methyl/N-ethyl adjacent to an activating group) is 1. The van der Waals surface area contributed by atoms with Gasteiger partial charge in [0, 0.05) is 6.42 Å². The number of carbonyl (C=O) groups is 1. The van der Waals surface area contributed by atoms with Gasteiger partial charge >= 0.3 is 7.82 Å². The van der Waals surface area contributed by atoms with Crippen LogP contribution in [-0.4, -0.2) is 84.6 Å². The molecular formula is C61H104N2O7P+. The van der Waals surface area contributed by atoms with E-state index in [1.54, 1.807) is 0 Å². The second kappa shape index (κ2) is 50.1. The second-order valence-corrected chi connectivity index (χ2v) is 20.8. The van der Waals surface area contributed by atoms with Gasteiger partial charge in [0.15, 0.2) is 0 Å². The number of unbranched alkanes of at least 4 members (excludes halogenated alkanes) is 13. The van der Waals surface area contributed by atoms with Gasteiger partial charge in [0.2, 0.25) is 5.91 Å². The van der Waals surface area contributed by atoms with Crippen LogP contribution in [0.3, 0.4) is 0 Å². The Kier molecular flexibility index (Phi) is 47.7. The number of aliphatic hydroxyl groups excluding tert-OH is 2. The maximum atomic E-state index is 13.0. The SMILES string of the molecule is C/C=C/CC/C=C/CC/C=C/CCCC(O)C(O)C(COP(=O)(O)OCC[N+](C)(C)C)NC(=O)CCCCCCCCCCCC/C=C\C/C=C\C/C=C\C/C=C\C/C=C\C/C=C\C/C=C\C/C=C\CC. The molecule has 1 amide bonds. The Morgan fingerprint density at radius 1 is 0.521 bits per heavy atom. The van der Waals surface area contributed by atoms with Crippen LogP contribution in [0.5, 0.6) is 0 Å². The van der Waals surface area contributed by atoms with Crippen LogP contribution < -0.4 is 5.32 Å². The molecule has 0 aromatic heterocycles.